The molecule has 1 atom stereocenters. The second-order valence-electron chi connectivity index (χ2n) is 12.7. The van der Waals surface area contributed by atoms with Gasteiger partial charge in [-0.3, -0.25) is 0 Å². The summed E-state index contributed by atoms with van der Waals surface area (Å²) >= 11 is 6.84. The van der Waals surface area contributed by atoms with Crippen molar-refractivity contribution in [3.8, 4) is 11.1 Å². The summed E-state index contributed by atoms with van der Waals surface area (Å²) in [5.41, 5.74) is 6.46. The number of nitrogens with zero attached hydrogens (tertiary/aromatic N) is 2. The molecule has 0 saturated carbocycles. The Morgan fingerprint density at radius 2 is 1.26 bits per heavy atom. The summed E-state index contributed by atoms with van der Waals surface area (Å²) < 4.78 is 6.43. The van der Waals surface area contributed by atoms with Crippen molar-refractivity contribution in [2.24, 2.45) is 9.98 Å². The van der Waals surface area contributed by atoms with Crippen LogP contribution >= 0.6 is 11.6 Å². The Morgan fingerprint density at radius 3 is 2.12 bits per heavy atom. The summed E-state index contributed by atoms with van der Waals surface area (Å²) in [5, 5.41) is 13.4. The molecule has 9 aromatic rings. The first-order valence-electron chi connectivity index (χ1n) is 16.7. The molecule has 2 heterocycles. The fourth-order valence-corrected chi connectivity index (χ4v) is 7.64. The second-order valence-corrected chi connectivity index (χ2v) is 13.1. The Kier molecular flexibility index (Phi) is 6.58. The van der Waals surface area contributed by atoms with Crippen LogP contribution in [-0.2, 0) is 0 Å². The molecule has 1 aromatic heterocycles. The minimum Gasteiger partial charge on any atom is -0.456 e. The molecule has 0 amide bonds. The monoisotopic (exact) mass is 661 g/mol. The first-order chi connectivity index (χ1) is 24.7. The molecule has 0 saturated heterocycles. The zero-order valence-electron chi connectivity index (χ0n) is 26.8. The third-order valence-corrected chi connectivity index (χ3v) is 10.1. The SMILES string of the molecule is Clc1cc2oc3cccc(C4=NC(c5ccc6ccccc6c5)NC(c5cc6ccccc6c6ccccc56)=N4)c3c2cc1-c1ccccc1. The first-order valence-corrected chi connectivity index (χ1v) is 17.1. The third-order valence-electron chi connectivity index (χ3n) is 9.77. The van der Waals surface area contributed by atoms with Gasteiger partial charge in [0.1, 0.15) is 23.2 Å². The average Bonchev–Trinajstić information content (AvgIpc) is 3.54. The third kappa shape index (κ3) is 4.68. The van der Waals surface area contributed by atoms with E-state index in [1.54, 1.807) is 0 Å². The summed E-state index contributed by atoms with van der Waals surface area (Å²) in [6.07, 6.45) is -0.380. The topological polar surface area (TPSA) is 49.9 Å². The van der Waals surface area contributed by atoms with Crippen molar-refractivity contribution in [3.05, 3.63) is 179 Å². The van der Waals surface area contributed by atoms with Gasteiger partial charge in [-0.05, 0) is 67.7 Å². The number of halogens is 1. The molecule has 0 radical (unpaired) electrons. The molecule has 1 N–H and O–H groups in total. The lowest BCUT2D eigenvalue weighted by atomic mass is 9.96. The summed E-state index contributed by atoms with van der Waals surface area (Å²) in [6, 6.07) is 54.7. The molecule has 0 aliphatic carbocycles. The van der Waals surface area contributed by atoms with Crippen LogP contribution in [0.5, 0.6) is 0 Å². The number of benzene rings is 8. The van der Waals surface area contributed by atoms with E-state index in [2.05, 4.69) is 127 Å². The average molecular weight is 662 g/mol. The van der Waals surface area contributed by atoms with Crippen LogP contribution in [0.2, 0.25) is 5.02 Å². The van der Waals surface area contributed by atoms with Crippen LogP contribution in [0, 0.1) is 0 Å². The zero-order valence-corrected chi connectivity index (χ0v) is 27.5. The largest absolute Gasteiger partial charge is 0.456 e. The molecule has 5 heteroatoms. The van der Waals surface area contributed by atoms with Crippen molar-refractivity contribution in [2.75, 3.05) is 0 Å². The van der Waals surface area contributed by atoms with Gasteiger partial charge in [-0.15, -0.1) is 0 Å². The van der Waals surface area contributed by atoms with Gasteiger partial charge in [0.15, 0.2) is 5.84 Å². The quantitative estimate of drug-likeness (QED) is 0.191. The van der Waals surface area contributed by atoms with Crippen LogP contribution in [0.15, 0.2) is 172 Å². The molecule has 236 valence electrons. The minimum atomic E-state index is -0.380. The number of fused-ring (bicyclic) bond motifs is 7. The zero-order chi connectivity index (χ0) is 33.2. The number of hydrogen-bond donors (Lipinski definition) is 1. The van der Waals surface area contributed by atoms with E-state index in [0.29, 0.717) is 10.9 Å². The van der Waals surface area contributed by atoms with Crippen LogP contribution in [0.1, 0.15) is 22.9 Å². The van der Waals surface area contributed by atoms with Gasteiger partial charge in [-0.1, -0.05) is 139 Å². The molecule has 0 fully saturated rings. The summed E-state index contributed by atoms with van der Waals surface area (Å²) in [4.78, 5) is 10.7. The maximum Gasteiger partial charge on any atom is 0.160 e. The van der Waals surface area contributed by atoms with Gasteiger partial charge in [0.25, 0.3) is 0 Å². The Morgan fingerprint density at radius 1 is 0.520 bits per heavy atom. The lowest BCUT2D eigenvalue weighted by molar-refractivity contribution is 0.668. The Hall–Kier alpha value is -6.23. The number of hydrogen-bond acceptors (Lipinski definition) is 4. The van der Waals surface area contributed by atoms with E-state index in [4.69, 9.17) is 26.0 Å². The maximum absolute atomic E-state index is 6.84. The lowest BCUT2D eigenvalue weighted by Crippen LogP contribution is -2.33. The molecule has 4 nitrogen and oxygen atoms in total. The standard InChI is InChI=1S/C45H28ClN3O/c46-39-26-41-38(25-36(39)28-12-2-1-3-13-28)42-35(19-10-20-40(42)50-41)44-47-43(31-22-21-27-11-4-5-14-29(27)23-31)48-45(49-44)37-24-30-15-6-7-16-32(30)33-17-8-9-18-34(33)37/h1-26,43H,(H,47,48,49). The molecule has 0 bridgehead atoms. The van der Waals surface area contributed by atoms with E-state index in [1.807, 2.05) is 36.4 Å². The molecular weight excluding hydrogens is 634 g/mol. The molecule has 1 aliphatic rings. The van der Waals surface area contributed by atoms with Gasteiger partial charge >= 0.3 is 0 Å². The lowest BCUT2D eigenvalue weighted by Gasteiger charge is -2.25. The summed E-state index contributed by atoms with van der Waals surface area (Å²) in [7, 11) is 0. The first kappa shape index (κ1) is 28.8. The Labute approximate surface area is 293 Å². The highest BCUT2D eigenvalue weighted by atomic mass is 35.5. The predicted octanol–water partition coefficient (Wildman–Crippen LogP) is 11.9. The molecule has 50 heavy (non-hydrogen) atoms. The van der Waals surface area contributed by atoms with Gasteiger partial charge in [-0.25, -0.2) is 9.98 Å². The Balaban J connectivity index is 1.22. The molecule has 1 aliphatic heterocycles. The highest BCUT2D eigenvalue weighted by molar-refractivity contribution is 6.35. The maximum atomic E-state index is 6.84. The van der Waals surface area contributed by atoms with E-state index >= 15 is 0 Å². The van der Waals surface area contributed by atoms with Gasteiger partial charge in [0.2, 0.25) is 0 Å². The van der Waals surface area contributed by atoms with Gasteiger partial charge in [0, 0.05) is 33.5 Å². The second kappa shape index (κ2) is 11.4. The van der Waals surface area contributed by atoms with Crippen molar-refractivity contribution >= 4 is 77.5 Å². The number of rotatable bonds is 4. The molecule has 8 aromatic carbocycles. The van der Waals surface area contributed by atoms with E-state index < -0.39 is 0 Å². The molecular formula is C45H28ClN3O. The fourth-order valence-electron chi connectivity index (χ4n) is 7.38. The van der Waals surface area contributed by atoms with Crippen molar-refractivity contribution in [2.45, 2.75) is 6.17 Å². The minimum absolute atomic E-state index is 0.380. The van der Waals surface area contributed by atoms with Crippen LogP contribution in [-0.4, -0.2) is 11.7 Å². The number of nitrogens with one attached hydrogen (secondary N) is 1. The van der Waals surface area contributed by atoms with Crippen LogP contribution in [0.25, 0.3) is 65.4 Å². The van der Waals surface area contributed by atoms with Crippen LogP contribution in [0.3, 0.4) is 0 Å². The molecule has 1 unspecified atom stereocenters. The molecule has 0 spiro atoms. The Bertz CT molecular complexity index is 2870. The highest BCUT2D eigenvalue weighted by Gasteiger charge is 2.25. The van der Waals surface area contributed by atoms with Crippen LogP contribution < -0.4 is 5.32 Å². The van der Waals surface area contributed by atoms with Crippen molar-refractivity contribution in [3.63, 3.8) is 0 Å². The van der Waals surface area contributed by atoms with E-state index in [-0.39, 0.29) is 6.17 Å². The van der Waals surface area contributed by atoms with Crippen LogP contribution in [0.4, 0.5) is 0 Å². The predicted molar refractivity (Wildman–Crippen MR) is 209 cm³/mol. The molecule has 10 rings (SSSR count). The van der Waals surface area contributed by atoms with Crippen molar-refractivity contribution in [1.82, 2.24) is 5.32 Å². The smallest absolute Gasteiger partial charge is 0.160 e. The highest BCUT2D eigenvalue weighted by Crippen LogP contribution is 2.39. The van der Waals surface area contributed by atoms with E-state index in [1.165, 1.54) is 16.2 Å². The van der Waals surface area contributed by atoms with Crippen molar-refractivity contribution < 1.29 is 4.42 Å². The van der Waals surface area contributed by atoms with Crippen molar-refractivity contribution in [1.29, 1.82) is 0 Å². The van der Waals surface area contributed by atoms with E-state index in [9.17, 15) is 0 Å². The van der Waals surface area contributed by atoms with Gasteiger partial charge in [-0.2, -0.15) is 0 Å². The number of aliphatic imine (C=N–C) groups is 2. The fraction of sp³-hybridized carbons (Fsp3) is 0.0222. The number of amidine groups is 2. The van der Waals surface area contributed by atoms with Gasteiger partial charge in [0.05, 0.1) is 5.02 Å². The number of furan rings is 1. The summed E-state index contributed by atoms with van der Waals surface area (Å²) in [5.74, 6) is 1.41. The normalized spacial score (nSPS) is 14.7. The van der Waals surface area contributed by atoms with E-state index in [0.717, 1.165) is 71.8 Å². The van der Waals surface area contributed by atoms with Gasteiger partial charge < -0.3 is 9.73 Å². The summed E-state index contributed by atoms with van der Waals surface area (Å²) in [6.45, 7) is 0.